The van der Waals surface area contributed by atoms with Crippen molar-refractivity contribution in [3.05, 3.63) is 70.8 Å². The van der Waals surface area contributed by atoms with Crippen LogP contribution in [-0.4, -0.2) is 28.0 Å². The molecule has 0 aliphatic heterocycles. The molecule has 0 fully saturated rings. The molecule has 144 valence electrons. The van der Waals surface area contributed by atoms with Crippen LogP contribution in [0.1, 0.15) is 21.5 Å². The molecule has 0 heterocycles. The van der Waals surface area contributed by atoms with Crippen molar-refractivity contribution in [1.82, 2.24) is 5.32 Å². The number of carbonyl (C=O) groups excluding carboxylic acids is 1. The van der Waals surface area contributed by atoms with Crippen LogP contribution in [-0.2, 0) is 22.9 Å². The van der Waals surface area contributed by atoms with E-state index in [1.807, 2.05) is 0 Å². The molecule has 2 rings (SSSR count). The third kappa shape index (κ3) is 5.56. The fourth-order valence-corrected chi connectivity index (χ4v) is 3.62. The Hall–Kier alpha value is -2.35. The molecule has 0 saturated carbocycles. The molecule has 2 aromatic rings. The van der Waals surface area contributed by atoms with Crippen LogP contribution in [0.15, 0.2) is 53.9 Å². The van der Waals surface area contributed by atoms with Gasteiger partial charge in [-0.25, -0.2) is 13.6 Å². The number of benzene rings is 2. The fraction of sp³-hybridized carbons (Fsp3) is 0.211. The van der Waals surface area contributed by atoms with Gasteiger partial charge in [-0.15, -0.1) is 6.58 Å². The van der Waals surface area contributed by atoms with E-state index in [4.69, 9.17) is 21.5 Å². The minimum atomic E-state index is -3.84. The molecule has 1 amide bonds. The summed E-state index contributed by atoms with van der Waals surface area (Å²) in [5.41, 5.74) is 1.66. The smallest absolute Gasteiger partial charge is 0.255 e. The normalized spacial score (nSPS) is 11.1. The highest BCUT2D eigenvalue weighted by atomic mass is 35.5. The molecule has 3 N–H and O–H groups in total. The van der Waals surface area contributed by atoms with Gasteiger partial charge in [0.05, 0.1) is 17.6 Å². The van der Waals surface area contributed by atoms with Crippen molar-refractivity contribution in [3.63, 3.8) is 0 Å². The SMILES string of the molecule is C=CCc1ccc(CCNC(=O)c2cc(Cl)ccc2OC)cc1S(N)(=O)=O. The number of halogens is 1. The molecule has 0 radical (unpaired) electrons. The van der Waals surface area contributed by atoms with Crippen LogP contribution < -0.4 is 15.2 Å². The van der Waals surface area contributed by atoms with Crippen molar-refractivity contribution in [2.75, 3.05) is 13.7 Å². The third-order valence-electron chi connectivity index (χ3n) is 3.91. The molecule has 2 aromatic carbocycles. The molecule has 0 saturated heterocycles. The topological polar surface area (TPSA) is 98.5 Å². The minimum Gasteiger partial charge on any atom is -0.496 e. The lowest BCUT2D eigenvalue weighted by Gasteiger charge is -2.11. The number of methoxy groups -OCH3 is 1. The zero-order valence-corrected chi connectivity index (χ0v) is 16.4. The number of sulfonamides is 1. The van der Waals surface area contributed by atoms with Gasteiger partial charge < -0.3 is 10.1 Å². The Kier molecular flexibility index (Phi) is 7.01. The van der Waals surface area contributed by atoms with Gasteiger partial charge in [-0.2, -0.15) is 0 Å². The first-order chi connectivity index (χ1) is 12.8. The lowest BCUT2D eigenvalue weighted by atomic mass is 10.1. The number of amides is 1. The number of allylic oxidation sites excluding steroid dienone is 1. The van der Waals surface area contributed by atoms with Crippen LogP contribution in [0.2, 0.25) is 5.02 Å². The van der Waals surface area contributed by atoms with E-state index < -0.39 is 10.0 Å². The predicted molar refractivity (Wildman–Crippen MR) is 106 cm³/mol. The molecule has 0 spiro atoms. The first-order valence-electron chi connectivity index (χ1n) is 8.13. The van der Waals surface area contributed by atoms with Crippen molar-refractivity contribution in [3.8, 4) is 5.75 Å². The van der Waals surface area contributed by atoms with E-state index in [0.717, 1.165) is 5.56 Å². The van der Waals surface area contributed by atoms with E-state index in [1.54, 1.807) is 30.3 Å². The van der Waals surface area contributed by atoms with E-state index in [9.17, 15) is 13.2 Å². The van der Waals surface area contributed by atoms with E-state index in [1.165, 1.54) is 19.2 Å². The zero-order chi connectivity index (χ0) is 20.0. The number of hydrogen-bond acceptors (Lipinski definition) is 4. The summed E-state index contributed by atoms with van der Waals surface area (Å²) in [6.07, 6.45) is 2.45. The summed E-state index contributed by atoms with van der Waals surface area (Å²) >= 11 is 5.94. The summed E-state index contributed by atoms with van der Waals surface area (Å²) < 4.78 is 28.8. The molecule has 0 aliphatic rings. The summed E-state index contributed by atoms with van der Waals surface area (Å²) in [7, 11) is -2.37. The number of rotatable bonds is 8. The van der Waals surface area contributed by atoms with Crippen molar-refractivity contribution in [1.29, 1.82) is 0 Å². The van der Waals surface area contributed by atoms with Gasteiger partial charge in [-0.1, -0.05) is 29.8 Å². The van der Waals surface area contributed by atoms with Crippen LogP contribution in [0.5, 0.6) is 5.75 Å². The summed E-state index contributed by atoms with van der Waals surface area (Å²) in [4.78, 5) is 12.4. The van der Waals surface area contributed by atoms with Gasteiger partial charge in [0.15, 0.2) is 0 Å². The van der Waals surface area contributed by atoms with E-state index in [-0.39, 0.29) is 10.8 Å². The Bertz CT molecular complexity index is 958. The summed E-state index contributed by atoms with van der Waals surface area (Å²) in [6, 6.07) is 9.82. The van der Waals surface area contributed by atoms with Gasteiger partial charge in [0.25, 0.3) is 5.91 Å². The standard InChI is InChI=1S/C19H21ClN2O4S/c1-3-4-14-6-5-13(11-18(14)27(21,24)25)9-10-22-19(23)16-12-15(20)7-8-17(16)26-2/h3,5-8,11-12H,1,4,9-10H2,2H3,(H,22,23)(H2,21,24,25). The van der Waals surface area contributed by atoms with Crippen LogP contribution in [0.4, 0.5) is 0 Å². The number of nitrogens with two attached hydrogens (primary N) is 1. The summed E-state index contributed by atoms with van der Waals surface area (Å²) in [6.45, 7) is 3.92. The molecule has 0 aliphatic carbocycles. The maximum atomic E-state index is 12.4. The second-order valence-corrected chi connectivity index (χ2v) is 7.80. The number of primary sulfonamides is 1. The quantitative estimate of drug-likeness (QED) is 0.656. The Morgan fingerprint density at radius 2 is 2.04 bits per heavy atom. The lowest BCUT2D eigenvalue weighted by Crippen LogP contribution is -2.26. The molecule has 6 nitrogen and oxygen atoms in total. The molecular formula is C19H21ClN2O4S. The van der Waals surface area contributed by atoms with Gasteiger partial charge in [-0.05, 0) is 48.2 Å². The van der Waals surface area contributed by atoms with Crippen molar-refractivity contribution < 1.29 is 17.9 Å². The molecule has 0 unspecified atom stereocenters. The van der Waals surface area contributed by atoms with E-state index in [2.05, 4.69) is 11.9 Å². The van der Waals surface area contributed by atoms with E-state index in [0.29, 0.717) is 41.3 Å². The summed E-state index contributed by atoms with van der Waals surface area (Å²) in [5, 5.41) is 8.50. The number of carbonyl (C=O) groups is 1. The van der Waals surface area contributed by atoms with Gasteiger partial charge >= 0.3 is 0 Å². The highest BCUT2D eigenvalue weighted by Crippen LogP contribution is 2.22. The maximum Gasteiger partial charge on any atom is 0.255 e. The van der Waals surface area contributed by atoms with Crippen LogP contribution in [0.25, 0.3) is 0 Å². The lowest BCUT2D eigenvalue weighted by molar-refractivity contribution is 0.0951. The minimum absolute atomic E-state index is 0.0720. The van der Waals surface area contributed by atoms with Crippen molar-refractivity contribution >= 4 is 27.5 Å². The molecule has 8 heteroatoms. The van der Waals surface area contributed by atoms with Gasteiger partial charge in [0, 0.05) is 11.6 Å². The third-order valence-corrected chi connectivity index (χ3v) is 5.14. The van der Waals surface area contributed by atoms with Gasteiger partial charge in [0.2, 0.25) is 10.0 Å². The molecule has 0 atom stereocenters. The Morgan fingerprint density at radius 1 is 1.30 bits per heavy atom. The first-order valence-corrected chi connectivity index (χ1v) is 10.1. The van der Waals surface area contributed by atoms with Gasteiger partial charge in [-0.3, -0.25) is 4.79 Å². The van der Waals surface area contributed by atoms with Crippen molar-refractivity contribution in [2.45, 2.75) is 17.7 Å². The Morgan fingerprint density at radius 3 is 2.67 bits per heavy atom. The van der Waals surface area contributed by atoms with E-state index >= 15 is 0 Å². The monoisotopic (exact) mass is 408 g/mol. The zero-order valence-electron chi connectivity index (χ0n) is 14.9. The van der Waals surface area contributed by atoms with Gasteiger partial charge in [0.1, 0.15) is 5.75 Å². The fourth-order valence-electron chi connectivity index (χ4n) is 2.62. The number of ether oxygens (including phenoxy) is 1. The molecule has 27 heavy (non-hydrogen) atoms. The highest BCUT2D eigenvalue weighted by Gasteiger charge is 2.15. The average molecular weight is 409 g/mol. The first kappa shape index (κ1) is 21.0. The number of hydrogen-bond donors (Lipinski definition) is 2. The van der Waals surface area contributed by atoms with Crippen molar-refractivity contribution in [2.24, 2.45) is 5.14 Å². The highest BCUT2D eigenvalue weighted by molar-refractivity contribution is 7.89. The average Bonchev–Trinajstić information content (AvgIpc) is 2.62. The van der Waals surface area contributed by atoms with Crippen LogP contribution in [0, 0.1) is 0 Å². The molecule has 0 aromatic heterocycles. The van der Waals surface area contributed by atoms with Crippen LogP contribution in [0.3, 0.4) is 0 Å². The largest absolute Gasteiger partial charge is 0.496 e. The maximum absolute atomic E-state index is 12.4. The Balaban J connectivity index is 2.10. The molecule has 0 bridgehead atoms. The molecular weight excluding hydrogens is 388 g/mol. The van der Waals surface area contributed by atoms with Crippen LogP contribution >= 0.6 is 11.6 Å². The Labute approximate surface area is 164 Å². The number of nitrogens with one attached hydrogen (secondary N) is 1. The summed E-state index contributed by atoms with van der Waals surface area (Å²) in [5.74, 6) is 0.0893. The second-order valence-electron chi connectivity index (χ2n) is 5.83. The predicted octanol–water partition coefficient (Wildman–Crippen LogP) is 2.70. The second kappa shape index (κ2) is 9.03.